The number of carbonyl (C=O) groups excluding carboxylic acids is 1. The van der Waals surface area contributed by atoms with Crippen LogP contribution in [0.15, 0.2) is 0 Å². The van der Waals surface area contributed by atoms with Crippen LogP contribution in [-0.2, 0) is 4.79 Å². The predicted octanol–water partition coefficient (Wildman–Crippen LogP) is 1.29. The Morgan fingerprint density at radius 3 is 2.80 bits per heavy atom. The van der Waals surface area contributed by atoms with Crippen molar-refractivity contribution in [3.63, 3.8) is 0 Å². The molecule has 2 rings (SSSR count). The van der Waals surface area contributed by atoms with Gasteiger partial charge in [0, 0.05) is 18.5 Å². The Balaban J connectivity index is 1.69. The van der Waals surface area contributed by atoms with Gasteiger partial charge in [-0.05, 0) is 45.1 Å². The van der Waals surface area contributed by atoms with Crippen LogP contribution in [0.4, 0.5) is 0 Å². The van der Waals surface area contributed by atoms with Gasteiger partial charge < -0.3 is 10.6 Å². The fourth-order valence-electron chi connectivity index (χ4n) is 2.46. The van der Waals surface area contributed by atoms with Crippen LogP contribution in [0.5, 0.6) is 0 Å². The molecule has 86 valence electrons. The molecule has 1 aliphatic carbocycles. The summed E-state index contributed by atoms with van der Waals surface area (Å²) >= 11 is 0. The molecule has 1 saturated heterocycles. The lowest BCUT2D eigenvalue weighted by atomic mass is 9.85. The summed E-state index contributed by atoms with van der Waals surface area (Å²) in [6.45, 7) is 4.06. The third kappa shape index (κ3) is 2.94. The largest absolute Gasteiger partial charge is 0.356 e. The Hall–Kier alpha value is -0.570. The van der Waals surface area contributed by atoms with Gasteiger partial charge in [-0.25, -0.2) is 0 Å². The van der Waals surface area contributed by atoms with Gasteiger partial charge in [0.25, 0.3) is 0 Å². The maximum absolute atomic E-state index is 11.8. The summed E-state index contributed by atoms with van der Waals surface area (Å²) in [4.78, 5) is 11.8. The molecular weight excluding hydrogens is 188 g/mol. The second-order valence-corrected chi connectivity index (χ2v) is 5.12. The number of carbonyl (C=O) groups is 1. The van der Waals surface area contributed by atoms with Crippen LogP contribution in [0.3, 0.4) is 0 Å². The number of hydrogen-bond acceptors (Lipinski definition) is 2. The smallest absolute Gasteiger partial charge is 0.223 e. The average molecular weight is 210 g/mol. The van der Waals surface area contributed by atoms with Crippen molar-refractivity contribution in [2.24, 2.45) is 11.8 Å². The SMILES string of the molecule is C[C@H]1C[C@@H](C(=O)NCC2CCC2)CCN1. The molecule has 1 heterocycles. The van der Waals surface area contributed by atoms with Crippen molar-refractivity contribution in [3.05, 3.63) is 0 Å². The fourth-order valence-corrected chi connectivity index (χ4v) is 2.46. The van der Waals surface area contributed by atoms with E-state index in [0.717, 1.165) is 31.8 Å². The lowest BCUT2D eigenvalue weighted by Crippen LogP contribution is -2.43. The molecule has 3 nitrogen and oxygen atoms in total. The highest BCUT2D eigenvalue weighted by molar-refractivity contribution is 5.78. The number of rotatable bonds is 3. The van der Waals surface area contributed by atoms with Gasteiger partial charge in [-0.1, -0.05) is 6.42 Å². The van der Waals surface area contributed by atoms with Crippen LogP contribution in [0, 0.1) is 11.8 Å². The summed E-state index contributed by atoms with van der Waals surface area (Å²) in [7, 11) is 0. The van der Waals surface area contributed by atoms with E-state index in [1.165, 1.54) is 19.3 Å². The molecule has 2 fully saturated rings. The second kappa shape index (κ2) is 4.97. The van der Waals surface area contributed by atoms with E-state index in [9.17, 15) is 4.79 Å². The molecule has 0 spiro atoms. The van der Waals surface area contributed by atoms with E-state index in [1.807, 2.05) is 0 Å². The van der Waals surface area contributed by atoms with Crippen molar-refractivity contribution in [1.82, 2.24) is 10.6 Å². The Bertz CT molecular complexity index is 226. The standard InChI is InChI=1S/C12H22N2O/c1-9-7-11(5-6-13-9)12(15)14-8-10-3-2-4-10/h9-11,13H,2-8H2,1H3,(H,14,15)/t9-,11-/m0/s1. The first-order valence-electron chi connectivity index (χ1n) is 6.27. The molecule has 0 unspecified atom stereocenters. The van der Waals surface area contributed by atoms with Crippen molar-refractivity contribution in [2.75, 3.05) is 13.1 Å². The second-order valence-electron chi connectivity index (χ2n) is 5.12. The zero-order valence-electron chi connectivity index (χ0n) is 9.59. The van der Waals surface area contributed by atoms with E-state index in [2.05, 4.69) is 17.6 Å². The normalized spacial score (nSPS) is 32.1. The molecule has 1 aliphatic heterocycles. The van der Waals surface area contributed by atoms with E-state index in [4.69, 9.17) is 0 Å². The van der Waals surface area contributed by atoms with Crippen molar-refractivity contribution in [3.8, 4) is 0 Å². The Morgan fingerprint density at radius 2 is 2.20 bits per heavy atom. The van der Waals surface area contributed by atoms with Gasteiger partial charge in [-0.2, -0.15) is 0 Å². The third-order valence-corrected chi connectivity index (χ3v) is 3.78. The van der Waals surface area contributed by atoms with Gasteiger partial charge >= 0.3 is 0 Å². The minimum atomic E-state index is 0.251. The van der Waals surface area contributed by atoms with Crippen LogP contribution in [0.2, 0.25) is 0 Å². The van der Waals surface area contributed by atoms with Crippen molar-refractivity contribution < 1.29 is 4.79 Å². The first-order chi connectivity index (χ1) is 7.25. The quantitative estimate of drug-likeness (QED) is 0.737. The van der Waals surface area contributed by atoms with E-state index < -0.39 is 0 Å². The molecule has 2 atom stereocenters. The van der Waals surface area contributed by atoms with Gasteiger partial charge in [0.15, 0.2) is 0 Å². The zero-order chi connectivity index (χ0) is 10.7. The maximum atomic E-state index is 11.8. The fraction of sp³-hybridized carbons (Fsp3) is 0.917. The summed E-state index contributed by atoms with van der Waals surface area (Å²) in [6, 6.07) is 0.498. The molecule has 2 N–H and O–H groups in total. The highest BCUT2D eigenvalue weighted by atomic mass is 16.1. The van der Waals surface area contributed by atoms with Crippen LogP contribution in [0.1, 0.15) is 39.0 Å². The number of piperidine rings is 1. The molecule has 0 bridgehead atoms. The molecule has 0 aromatic carbocycles. The first kappa shape index (κ1) is 10.9. The van der Waals surface area contributed by atoms with Gasteiger partial charge in [-0.15, -0.1) is 0 Å². The molecule has 1 saturated carbocycles. The molecule has 3 heteroatoms. The minimum absolute atomic E-state index is 0.251. The van der Waals surface area contributed by atoms with Crippen molar-refractivity contribution in [2.45, 2.75) is 45.1 Å². The highest BCUT2D eigenvalue weighted by Crippen LogP contribution is 2.25. The van der Waals surface area contributed by atoms with E-state index in [1.54, 1.807) is 0 Å². The highest BCUT2D eigenvalue weighted by Gasteiger charge is 2.25. The van der Waals surface area contributed by atoms with E-state index in [0.29, 0.717) is 6.04 Å². The monoisotopic (exact) mass is 210 g/mol. The third-order valence-electron chi connectivity index (χ3n) is 3.78. The van der Waals surface area contributed by atoms with E-state index in [-0.39, 0.29) is 11.8 Å². The zero-order valence-corrected chi connectivity index (χ0v) is 9.59. The number of hydrogen-bond donors (Lipinski definition) is 2. The Labute approximate surface area is 92.0 Å². The lowest BCUT2D eigenvalue weighted by molar-refractivity contribution is -0.126. The van der Waals surface area contributed by atoms with Gasteiger partial charge in [0.2, 0.25) is 5.91 Å². The molecule has 2 aliphatic rings. The predicted molar refractivity (Wildman–Crippen MR) is 60.5 cm³/mol. The van der Waals surface area contributed by atoms with Crippen molar-refractivity contribution >= 4 is 5.91 Å². The lowest BCUT2D eigenvalue weighted by Gasteiger charge is -2.29. The average Bonchev–Trinajstić information content (AvgIpc) is 2.15. The number of amides is 1. The molecule has 0 radical (unpaired) electrons. The Morgan fingerprint density at radius 1 is 1.40 bits per heavy atom. The van der Waals surface area contributed by atoms with Gasteiger partial charge in [0.1, 0.15) is 0 Å². The molecule has 0 aromatic rings. The van der Waals surface area contributed by atoms with Crippen LogP contribution in [-0.4, -0.2) is 25.0 Å². The summed E-state index contributed by atoms with van der Waals surface area (Å²) in [5.41, 5.74) is 0. The Kier molecular flexibility index (Phi) is 3.62. The van der Waals surface area contributed by atoms with Gasteiger partial charge in [0.05, 0.1) is 0 Å². The minimum Gasteiger partial charge on any atom is -0.356 e. The number of nitrogens with one attached hydrogen (secondary N) is 2. The summed E-state index contributed by atoms with van der Waals surface area (Å²) in [5.74, 6) is 1.31. The molecule has 0 aromatic heterocycles. The van der Waals surface area contributed by atoms with Crippen molar-refractivity contribution in [1.29, 1.82) is 0 Å². The van der Waals surface area contributed by atoms with Crippen LogP contribution >= 0.6 is 0 Å². The van der Waals surface area contributed by atoms with Crippen LogP contribution in [0.25, 0.3) is 0 Å². The maximum Gasteiger partial charge on any atom is 0.223 e. The molecule has 1 amide bonds. The molecular formula is C12H22N2O. The summed E-state index contributed by atoms with van der Waals surface area (Å²) < 4.78 is 0. The topological polar surface area (TPSA) is 41.1 Å². The first-order valence-corrected chi connectivity index (χ1v) is 6.27. The summed E-state index contributed by atoms with van der Waals surface area (Å²) in [5, 5.41) is 6.48. The van der Waals surface area contributed by atoms with E-state index >= 15 is 0 Å². The van der Waals surface area contributed by atoms with Crippen LogP contribution < -0.4 is 10.6 Å². The molecule has 15 heavy (non-hydrogen) atoms. The summed E-state index contributed by atoms with van der Waals surface area (Å²) in [6.07, 6.45) is 5.97. The van der Waals surface area contributed by atoms with Gasteiger partial charge in [-0.3, -0.25) is 4.79 Å².